The normalized spacial score (nSPS) is 45.7. The van der Waals surface area contributed by atoms with E-state index in [0.717, 1.165) is 37.0 Å². The standard InChI is InChI=1S/C27H44F2S/c1-17-10-12-25(3)19(14-17)6-8-22-23-9-7-20(26(23,4)13-11-24(22)25)16-21(30)15-18(2)27(5,28)29/h6,17-18,20-24,30H,7-16H2,1-5H3. The lowest BCUT2D eigenvalue weighted by Gasteiger charge is -2.58. The summed E-state index contributed by atoms with van der Waals surface area (Å²) < 4.78 is 27.4. The van der Waals surface area contributed by atoms with Gasteiger partial charge in [-0.1, -0.05) is 39.3 Å². The Morgan fingerprint density at radius 2 is 1.87 bits per heavy atom. The molecule has 9 atom stereocenters. The SMILES string of the molecule is CC1CCC2(C)C(=CCC3C2CCC2(C)C(CC(S)CC(C)C(C)(F)F)CCC32)C1. The van der Waals surface area contributed by atoms with Gasteiger partial charge in [0.2, 0.25) is 5.92 Å². The predicted octanol–water partition coefficient (Wildman–Crippen LogP) is 8.57. The molecule has 0 aliphatic heterocycles. The Bertz CT molecular complexity index is 666. The zero-order chi connectivity index (χ0) is 21.9. The Balaban J connectivity index is 1.46. The van der Waals surface area contributed by atoms with Crippen molar-refractivity contribution in [3.8, 4) is 0 Å². The Morgan fingerprint density at radius 1 is 1.13 bits per heavy atom. The van der Waals surface area contributed by atoms with Crippen LogP contribution in [0.1, 0.15) is 98.8 Å². The summed E-state index contributed by atoms with van der Waals surface area (Å²) in [6, 6.07) is 0. The molecule has 0 bridgehead atoms. The Hall–Kier alpha value is -0.0500. The number of hydrogen-bond donors (Lipinski definition) is 1. The first kappa shape index (κ1) is 23.1. The van der Waals surface area contributed by atoms with Crippen molar-refractivity contribution in [3.63, 3.8) is 0 Å². The maximum Gasteiger partial charge on any atom is 0.247 e. The van der Waals surface area contributed by atoms with Crippen molar-refractivity contribution in [3.05, 3.63) is 11.6 Å². The van der Waals surface area contributed by atoms with Gasteiger partial charge in [-0.15, -0.1) is 0 Å². The molecule has 0 spiro atoms. The van der Waals surface area contributed by atoms with E-state index in [9.17, 15) is 8.78 Å². The highest BCUT2D eigenvalue weighted by Crippen LogP contribution is 2.67. The summed E-state index contributed by atoms with van der Waals surface area (Å²) >= 11 is 4.80. The molecule has 0 aromatic heterocycles. The fourth-order valence-electron chi connectivity index (χ4n) is 8.38. The first-order chi connectivity index (χ1) is 13.9. The molecule has 0 radical (unpaired) electrons. The van der Waals surface area contributed by atoms with E-state index in [2.05, 4.69) is 26.8 Å². The van der Waals surface area contributed by atoms with E-state index in [0.29, 0.717) is 23.2 Å². The van der Waals surface area contributed by atoms with E-state index in [-0.39, 0.29) is 5.25 Å². The molecule has 9 unspecified atom stereocenters. The third-order valence-corrected chi connectivity index (χ3v) is 11.0. The molecular weight excluding hydrogens is 394 g/mol. The molecule has 4 rings (SSSR count). The maximum atomic E-state index is 13.7. The van der Waals surface area contributed by atoms with Crippen LogP contribution in [0.4, 0.5) is 8.78 Å². The summed E-state index contributed by atoms with van der Waals surface area (Å²) in [5.74, 6) is 0.863. The van der Waals surface area contributed by atoms with Crippen LogP contribution in [0.25, 0.3) is 0 Å². The second-order valence-electron chi connectivity index (χ2n) is 12.4. The molecule has 0 nitrogen and oxygen atoms in total. The van der Waals surface area contributed by atoms with E-state index in [1.54, 1.807) is 12.5 Å². The third kappa shape index (κ3) is 3.92. The Kier molecular flexibility index (Phi) is 6.22. The van der Waals surface area contributed by atoms with Gasteiger partial charge < -0.3 is 0 Å². The van der Waals surface area contributed by atoms with Crippen LogP contribution in [0, 0.1) is 46.3 Å². The molecule has 0 N–H and O–H groups in total. The van der Waals surface area contributed by atoms with Crippen LogP contribution in [-0.2, 0) is 0 Å². The molecule has 0 amide bonds. The van der Waals surface area contributed by atoms with E-state index in [1.807, 2.05) is 0 Å². The van der Waals surface area contributed by atoms with Crippen molar-refractivity contribution >= 4 is 12.6 Å². The van der Waals surface area contributed by atoms with Crippen LogP contribution in [0.5, 0.6) is 0 Å². The van der Waals surface area contributed by atoms with E-state index < -0.39 is 11.8 Å². The van der Waals surface area contributed by atoms with Gasteiger partial charge in [-0.25, -0.2) is 8.78 Å². The molecule has 3 saturated carbocycles. The van der Waals surface area contributed by atoms with Crippen molar-refractivity contribution in [1.29, 1.82) is 0 Å². The largest absolute Gasteiger partial charge is 0.247 e. The number of allylic oxidation sites excluding steroid dienone is 2. The highest BCUT2D eigenvalue weighted by Gasteiger charge is 2.58. The van der Waals surface area contributed by atoms with E-state index in [1.165, 1.54) is 51.4 Å². The topological polar surface area (TPSA) is 0 Å². The Labute approximate surface area is 189 Å². The van der Waals surface area contributed by atoms with Crippen LogP contribution < -0.4 is 0 Å². The first-order valence-electron chi connectivity index (χ1n) is 12.7. The van der Waals surface area contributed by atoms with Gasteiger partial charge in [0.25, 0.3) is 0 Å². The van der Waals surface area contributed by atoms with Gasteiger partial charge in [0.05, 0.1) is 0 Å². The lowest BCUT2D eigenvalue weighted by atomic mass is 9.47. The molecule has 172 valence electrons. The lowest BCUT2D eigenvalue weighted by Crippen LogP contribution is -2.50. The molecule has 3 heteroatoms. The van der Waals surface area contributed by atoms with Gasteiger partial charge in [0.15, 0.2) is 0 Å². The molecule has 0 heterocycles. The van der Waals surface area contributed by atoms with Gasteiger partial charge in [0, 0.05) is 11.2 Å². The molecule has 0 aromatic carbocycles. The van der Waals surface area contributed by atoms with Crippen molar-refractivity contribution in [1.82, 2.24) is 0 Å². The summed E-state index contributed by atoms with van der Waals surface area (Å²) in [5.41, 5.74) is 2.62. The van der Waals surface area contributed by atoms with Crippen molar-refractivity contribution in [2.24, 2.45) is 46.3 Å². The molecule has 30 heavy (non-hydrogen) atoms. The van der Waals surface area contributed by atoms with Gasteiger partial charge >= 0.3 is 0 Å². The maximum absolute atomic E-state index is 13.7. The van der Waals surface area contributed by atoms with E-state index in [4.69, 9.17) is 12.6 Å². The second-order valence-corrected chi connectivity index (χ2v) is 13.1. The zero-order valence-corrected chi connectivity index (χ0v) is 20.8. The molecule has 3 fully saturated rings. The smallest absolute Gasteiger partial charge is 0.207 e. The quantitative estimate of drug-likeness (QED) is 0.322. The summed E-state index contributed by atoms with van der Waals surface area (Å²) in [4.78, 5) is 0. The van der Waals surface area contributed by atoms with Gasteiger partial charge in [0.1, 0.15) is 0 Å². The average molecular weight is 439 g/mol. The number of thiol groups is 1. The molecule has 4 aliphatic rings. The number of fused-ring (bicyclic) bond motifs is 5. The van der Waals surface area contributed by atoms with Crippen LogP contribution in [0.2, 0.25) is 0 Å². The van der Waals surface area contributed by atoms with Gasteiger partial charge in [-0.2, -0.15) is 12.6 Å². The fourth-order valence-corrected chi connectivity index (χ4v) is 8.95. The number of alkyl halides is 2. The van der Waals surface area contributed by atoms with Crippen LogP contribution in [0.15, 0.2) is 11.6 Å². The monoisotopic (exact) mass is 438 g/mol. The average Bonchev–Trinajstić information content (AvgIpc) is 2.98. The van der Waals surface area contributed by atoms with Crippen LogP contribution >= 0.6 is 12.6 Å². The van der Waals surface area contributed by atoms with Crippen molar-refractivity contribution < 1.29 is 8.78 Å². The summed E-state index contributed by atoms with van der Waals surface area (Å²) in [5, 5.41) is 0.0966. The molecular formula is C27H44F2S. The summed E-state index contributed by atoms with van der Waals surface area (Å²) in [6.45, 7) is 10.3. The Morgan fingerprint density at radius 3 is 2.57 bits per heavy atom. The highest BCUT2D eigenvalue weighted by atomic mass is 32.1. The van der Waals surface area contributed by atoms with Crippen molar-refractivity contribution in [2.45, 2.75) is 110 Å². The lowest BCUT2D eigenvalue weighted by molar-refractivity contribution is -0.0477. The van der Waals surface area contributed by atoms with Crippen LogP contribution in [-0.4, -0.2) is 11.2 Å². The van der Waals surface area contributed by atoms with E-state index >= 15 is 0 Å². The second kappa shape index (κ2) is 8.07. The minimum Gasteiger partial charge on any atom is -0.207 e. The van der Waals surface area contributed by atoms with Crippen molar-refractivity contribution in [2.75, 3.05) is 0 Å². The number of hydrogen-bond acceptors (Lipinski definition) is 1. The molecule has 4 aliphatic carbocycles. The fraction of sp³-hybridized carbons (Fsp3) is 0.926. The van der Waals surface area contributed by atoms with Gasteiger partial charge in [-0.3, -0.25) is 0 Å². The third-order valence-electron chi connectivity index (χ3n) is 10.6. The number of rotatable bonds is 5. The van der Waals surface area contributed by atoms with Crippen LogP contribution in [0.3, 0.4) is 0 Å². The minimum atomic E-state index is -2.60. The summed E-state index contributed by atoms with van der Waals surface area (Å²) in [6.07, 6.45) is 14.9. The highest BCUT2D eigenvalue weighted by molar-refractivity contribution is 7.80. The zero-order valence-electron chi connectivity index (χ0n) is 19.9. The first-order valence-corrected chi connectivity index (χ1v) is 13.2. The molecule has 0 aromatic rings. The van der Waals surface area contributed by atoms with Gasteiger partial charge in [-0.05, 0) is 112 Å². The minimum absolute atomic E-state index is 0.0966. The number of halogens is 2. The summed E-state index contributed by atoms with van der Waals surface area (Å²) in [7, 11) is 0. The predicted molar refractivity (Wildman–Crippen MR) is 126 cm³/mol. The molecule has 0 saturated heterocycles.